The van der Waals surface area contributed by atoms with Gasteiger partial charge in [0.1, 0.15) is 11.6 Å². The van der Waals surface area contributed by atoms with Gasteiger partial charge >= 0.3 is 0 Å². The van der Waals surface area contributed by atoms with Crippen molar-refractivity contribution in [1.82, 2.24) is 4.90 Å². The third kappa shape index (κ3) is 5.83. The minimum Gasteiger partial charge on any atom is -0.482 e. The van der Waals surface area contributed by atoms with Crippen LogP contribution < -0.4 is 4.74 Å². The van der Waals surface area contributed by atoms with Gasteiger partial charge in [0, 0.05) is 24.7 Å². The van der Waals surface area contributed by atoms with E-state index in [4.69, 9.17) is 32.7 Å². The van der Waals surface area contributed by atoms with Crippen LogP contribution in [0, 0.1) is 5.82 Å². The highest BCUT2D eigenvalue weighted by atomic mass is 35.5. The smallest absolute Gasteiger partial charge is 0.260 e. The summed E-state index contributed by atoms with van der Waals surface area (Å²) < 4.78 is 24.4. The summed E-state index contributed by atoms with van der Waals surface area (Å²) in [6.07, 6.45) is 1.91. The van der Waals surface area contributed by atoms with Gasteiger partial charge in [0.2, 0.25) is 0 Å². The van der Waals surface area contributed by atoms with Gasteiger partial charge < -0.3 is 14.4 Å². The summed E-state index contributed by atoms with van der Waals surface area (Å²) in [5.74, 6) is -0.106. The fourth-order valence-corrected chi connectivity index (χ4v) is 3.38. The van der Waals surface area contributed by atoms with Crippen molar-refractivity contribution in [1.29, 1.82) is 0 Å². The molecule has 3 rings (SSSR count). The van der Waals surface area contributed by atoms with Crippen LogP contribution in [0.1, 0.15) is 18.4 Å². The molecule has 1 saturated heterocycles. The van der Waals surface area contributed by atoms with Crippen LogP contribution in [0.4, 0.5) is 4.39 Å². The first-order valence-electron chi connectivity index (χ1n) is 8.73. The van der Waals surface area contributed by atoms with E-state index in [1.807, 2.05) is 0 Å². The number of carbonyl (C=O) groups excluding carboxylic acids is 1. The largest absolute Gasteiger partial charge is 0.482 e. The number of hydrogen-bond acceptors (Lipinski definition) is 3. The van der Waals surface area contributed by atoms with Crippen molar-refractivity contribution in [2.24, 2.45) is 0 Å². The first-order valence-corrected chi connectivity index (χ1v) is 9.48. The fraction of sp³-hybridized carbons (Fsp3) is 0.350. The SMILES string of the molecule is O=C(COc1ccc(Cl)cc1Cl)N(Cc1ccc(F)cc1)CC1CCCO1. The number of carbonyl (C=O) groups is 1. The second-order valence-corrected chi connectivity index (χ2v) is 7.24. The van der Waals surface area contributed by atoms with Crippen LogP contribution in [-0.4, -0.2) is 36.7 Å². The summed E-state index contributed by atoms with van der Waals surface area (Å²) >= 11 is 12.0. The number of hydrogen-bond donors (Lipinski definition) is 0. The molecule has 144 valence electrons. The van der Waals surface area contributed by atoms with Crippen LogP contribution in [0.5, 0.6) is 5.75 Å². The second-order valence-electron chi connectivity index (χ2n) is 6.40. The minimum absolute atomic E-state index is 0.00789. The molecule has 1 amide bonds. The van der Waals surface area contributed by atoms with E-state index >= 15 is 0 Å². The molecule has 0 radical (unpaired) electrons. The lowest BCUT2D eigenvalue weighted by molar-refractivity contribution is -0.135. The molecule has 1 aliphatic heterocycles. The van der Waals surface area contributed by atoms with Crippen LogP contribution in [0.3, 0.4) is 0 Å². The van der Waals surface area contributed by atoms with E-state index in [-0.39, 0.29) is 24.4 Å². The van der Waals surface area contributed by atoms with Crippen LogP contribution in [0.15, 0.2) is 42.5 Å². The first-order chi connectivity index (χ1) is 13.0. The van der Waals surface area contributed by atoms with Crippen molar-refractivity contribution >= 4 is 29.1 Å². The highest BCUT2D eigenvalue weighted by Gasteiger charge is 2.23. The number of ether oxygens (including phenoxy) is 2. The van der Waals surface area contributed by atoms with Gasteiger partial charge in [-0.1, -0.05) is 35.3 Å². The van der Waals surface area contributed by atoms with Gasteiger partial charge in [-0.2, -0.15) is 0 Å². The molecule has 2 aromatic carbocycles. The maximum absolute atomic E-state index is 13.1. The maximum Gasteiger partial charge on any atom is 0.260 e. The van der Waals surface area contributed by atoms with Crippen LogP contribution in [-0.2, 0) is 16.1 Å². The van der Waals surface area contributed by atoms with E-state index in [1.165, 1.54) is 12.1 Å². The van der Waals surface area contributed by atoms with E-state index in [0.29, 0.717) is 35.5 Å². The molecule has 0 bridgehead atoms. The summed E-state index contributed by atoms with van der Waals surface area (Å²) in [7, 11) is 0. The molecular weight excluding hydrogens is 392 g/mol. The number of rotatable bonds is 7. The van der Waals surface area contributed by atoms with E-state index in [1.54, 1.807) is 35.2 Å². The van der Waals surface area contributed by atoms with Gasteiger partial charge in [-0.15, -0.1) is 0 Å². The van der Waals surface area contributed by atoms with Crippen molar-refractivity contribution in [2.45, 2.75) is 25.5 Å². The lowest BCUT2D eigenvalue weighted by atomic mass is 10.1. The van der Waals surface area contributed by atoms with E-state index in [9.17, 15) is 9.18 Å². The Morgan fingerprint density at radius 3 is 2.67 bits per heavy atom. The van der Waals surface area contributed by atoms with Crippen molar-refractivity contribution in [2.75, 3.05) is 19.8 Å². The number of halogens is 3. The van der Waals surface area contributed by atoms with Crippen LogP contribution in [0.25, 0.3) is 0 Å². The predicted octanol–water partition coefficient (Wildman–Crippen LogP) is 4.72. The summed E-state index contributed by atoms with van der Waals surface area (Å²) in [5, 5.41) is 0.842. The van der Waals surface area contributed by atoms with Gasteiger partial charge in [-0.05, 0) is 48.7 Å². The Labute approximate surface area is 167 Å². The fourth-order valence-electron chi connectivity index (χ4n) is 2.92. The molecule has 0 N–H and O–H groups in total. The van der Waals surface area contributed by atoms with Crippen molar-refractivity contribution in [3.05, 3.63) is 63.9 Å². The standard InChI is InChI=1S/C20H20Cl2FNO3/c21-15-5-8-19(18(22)10-15)27-13-20(25)24(12-17-2-1-9-26-17)11-14-3-6-16(23)7-4-14/h3-8,10,17H,1-2,9,11-13H2. The summed E-state index contributed by atoms with van der Waals surface area (Å²) in [5.41, 5.74) is 0.840. The zero-order valence-electron chi connectivity index (χ0n) is 14.7. The Hall–Kier alpha value is -1.82. The molecule has 2 aromatic rings. The average Bonchev–Trinajstić information content (AvgIpc) is 3.15. The molecule has 1 aliphatic rings. The molecule has 1 unspecified atom stereocenters. The van der Waals surface area contributed by atoms with Crippen molar-refractivity contribution < 1.29 is 18.7 Å². The molecule has 4 nitrogen and oxygen atoms in total. The zero-order valence-corrected chi connectivity index (χ0v) is 16.2. The molecule has 1 heterocycles. The summed E-state index contributed by atoms with van der Waals surface area (Å²) in [6, 6.07) is 10.9. The molecule has 0 saturated carbocycles. The van der Waals surface area contributed by atoms with E-state index < -0.39 is 0 Å². The van der Waals surface area contributed by atoms with Gasteiger partial charge in [-0.3, -0.25) is 4.79 Å². The molecule has 1 fully saturated rings. The Morgan fingerprint density at radius 1 is 1.22 bits per heavy atom. The van der Waals surface area contributed by atoms with Crippen molar-refractivity contribution in [3.63, 3.8) is 0 Å². The van der Waals surface area contributed by atoms with Crippen molar-refractivity contribution in [3.8, 4) is 5.75 Å². The quantitative estimate of drug-likeness (QED) is 0.661. The molecule has 0 aromatic heterocycles. The van der Waals surface area contributed by atoms with Gasteiger partial charge in [-0.25, -0.2) is 4.39 Å². The highest BCUT2D eigenvalue weighted by molar-refractivity contribution is 6.35. The summed E-state index contributed by atoms with van der Waals surface area (Å²) in [6.45, 7) is 1.37. The lowest BCUT2D eigenvalue weighted by Crippen LogP contribution is -2.39. The molecule has 1 atom stereocenters. The molecule has 0 aliphatic carbocycles. The number of nitrogens with zero attached hydrogens (tertiary/aromatic N) is 1. The minimum atomic E-state index is -0.309. The van der Waals surface area contributed by atoms with E-state index in [2.05, 4.69) is 0 Å². The average molecular weight is 412 g/mol. The van der Waals surface area contributed by atoms with Crippen LogP contribution >= 0.6 is 23.2 Å². The third-order valence-corrected chi connectivity index (χ3v) is 4.86. The topological polar surface area (TPSA) is 38.8 Å². The molecule has 7 heteroatoms. The normalized spacial score (nSPS) is 16.3. The van der Waals surface area contributed by atoms with Crippen LogP contribution in [0.2, 0.25) is 10.0 Å². The number of benzene rings is 2. The lowest BCUT2D eigenvalue weighted by Gasteiger charge is -2.26. The Kier molecular flexibility index (Phi) is 6.94. The monoisotopic (exact) mass is 411 g/mol. The second kappa shape index (κ2) is 9.40. The number of amides is 1. The molecule has 0 spiro atoms. The Balaban J connectivity index is 1.66. The van der Waals surface area contributed by atoms with E-state index in [0.717, 1.165) is 18.4 Å². The Bertz CT molecular complexity index is 779. The zero-order chi connectivity index (χ0) is 19.2. The first kappa shape index (κ1) is 19.9. The van der Waals surface area contributed by atoms with Gasteiger partial charge in [0.25, 0.3) is 5.91 Å². The predicted molar refractivity (Wildman–Crippen MR) is 103 cm³/mol. The third-order valence-electron chi connectivity index (χ3n) is 4.33. The van der Waals surface area contributed by atoms with Gasteiger partial charge in [0.15, 0.2) is 6.61 Å². The molecule has 27 heavy (non-hydrogen) atoms. The summed E-state index contributed by atoms with van der Waals surface area (Å²) in [4.78, 5) is 14.4. The molecular formula is C20H20Cl2FNO3. The maximum atomic E-state index is 13.1. The Morgan fingerprint density at radius 2 is 2.00 bits per heavy atom. The van der Waals surface area contributed by atoms with Gasteiger partial charge in [0.05, 0.1) is 11.1 Å². The highest BCUT2D eigenvalue weighted by Crippen LogP contribution is 2.27.